The molecule has 0 aliphatic carbocycles. The summed E-state index contributed by atoms with van der Waals surface area (Å²) in [5.41, 5.74) is 9.22. The van der Waals surface area contributed by atoms with Gasteiger partial charge in [0.25, 0.3) is 0 Å². The third-order valence-corrected chi connectivity index (χ3v) is 4.32. The third kappa shape index (κ3) is 2.37. The van der Waals surface area contributed by atoms with Crippen molar-refractivity contribution in [2.45, 2.75) is 13.0 Å². The quantitative estimate of drug-likeness (QED) is 0.689. The lowest BCUT2D eigenvalue weighted by Gasteiger charge is -2.11. The minimum atomic E-state index is -0.352. The maximum Gasteiger partial charge on any atom is 0.137 e. The van der Waals surface area contributed by atoms with Crippen LogP contribution in [0.15, 0.2) is 51.4 Å². The lowest BCUT2D eigenvalue weighted by Crippen LogP contribution is -2.11. The molecule has 0 saturated carbocycles. The lowest BCUT2D eigenvalue weighted by atomic mass is 10.1. The molecule has 3 aromatic rings. The topological polar surface area (TPSA) is 39.2 Å². The summed E-state index contributed by atoms with van der Waals surface area (Å²) >= 11 is 9.55. The second-order valence-corrected chi connectivity index (χ2v) is 6.08. The van der Waals surface area contributed by atoms with Crippen LogP contribution >= 0.6 is 27.5 Å². The lowest BCUT2D eigenvalue weighted by molar-refractivity contribution is 0.523. The van der Waals surface area contributed by atoms with Gasteiger partial charge in [0.1, 0.15) is 11.3 Å². The normalized spacial score (nSPS) is 12.8. The zero-order valence-electron chi connectivity index (χ0n) is 10.9. The van der Waals surface area contributed by atoms with Gasteiger partial charge >= 0.3 is 0 Å². The van der Waals surface area contributed by atoms with Crippen LogP contribution in [0, 0.1) is 6.92 Å². The van der Waals surface area contributed by atoms with E-state index >= 15 is 0 Å². The van der Waals surface area contributed by atoms with Crippen LogP contribution in [0.3, 0.4) is 0 Å². The minimum absolute atomic E-state index is 0.352. The maximum atomic E-state index is 6.32. The Morgan fingerprint density at radius 3 is 2.75 bits per heavy atom. The van der Waals surface area contributed by atoms with Crippen molar-refractivity contribution < 1.29 is 4.42 Å². The fraction of sp³-hybridized carbons (Fsp3) is 0.125. The molecule has 0 amide bonds. The number of hydrogen-bond donors (Lipinski definition) is 1. The summed E-state index contributed by atoms with van der Waals surface area (Å²) in [6.07, 6.45) is 0. The van der Waals surface area contributed by atoms with Gasteiger partial charge in [0, 0.05) is 14.9 Å². The molecule has 2 N–H and O–H groups in total. The average molecular weight is 351 g/mol. The number of fused-ring (bicyclic) bond motifs is 1. The van der Waals surface area contributed by atoms with Crippen molar-refractivity contribution in [3.63, 3.8) is 0 Å². The van der Waals surface area contributed by atoms with Crippen LogP contribution in [0.5, 0.6) is 0 Å². The van der Waals surface area contributed by atoms with Crippen molar-refractivity contribution in [3.8, 4) is 0 Å². The van der Waals surface area contributed by atoms with E-state index in [1.165, 1.54) is 0 Å². The molecule has 0 aliphatic rings. The Bertz CT molecular complexity index is 781. The molecule has 0 radical (unpaired) electrons. The van der Waals surface area contributed by atoms with E-state index in [2.05, 4.69) is 15.9 Å². The molecule has 2 nitrogen and oxygen atoms in total. The minimum Gasteiger partial charge on any atom is -0.459 e. The van der Waals surface area contributed by atoms with Crippen molar-refractivity contribution in [1.29, 1.82) is 0 Å². The van der Waals surface area contributed by atoms with Gasteiger partial charge in [0.05, 0.1) is 6.04 Å². The molecule has 102 valence electrons. The largest absolute Gasteiger partial charge is 0.459 e. The molecule has 0 fully saturated rings. The Labute approximate surface area is 130 Å². The second kappa shape index (κ2) is 5.24. The number of nitrogens with two attached hydrogens (primary N) is 1. The van der Waals surface area contributed by atoms with Crippen molar-refractivity contribution >= 4 is 38.5 Å². The van der Waals surface area contributed by atoms with Gasteiger partial charge in [-0.05, 0) is 42.3 Å². The van der Waals surface area contributed by atoms with Crippen LogP contribution in [-0.2, 0) is 0 Å². The van der Waals surface area contributed by atoms with Crippen molar-refractivity contribution in [1.82, 2.24) is 0 Å². The molecule has 1 heterocycles. The van der Waals surface area contributed by atoms with Crippen LogP contribution in [0.4, 0.5) is 0 Å². The first-order valence-electron chi connectivity index (χ1n) is 6.26. The Balaban J connectivity index is 2.10. The van der Waals surface area contributed by atoms with Gasteiger partial charge in [-0.2, -0.15) is 0 Å². The van der Waals surface area contributed by atoms with Crippen LogP contribution in [0.2, 0.25) is 5.02 Å². The van der Waals surface area contributed by atoms with E-state index in [0.29, 0.717) is 5.02 Å². The molecule has 4 heteroatoms. The van der Waals surface area contributed by atoms with Crippen molar-refractivity contribution in [2.75, 3.05) is 0 Å². The van der Waals surface area contributed by atoms with Gasteiger partial charge in [-0.3, -0.25) is 0 Å². The molecule has 0 bridgehead atoms. The summed E-state index contributed by atoms with van der Waals surface area (Å²) < 4.78 is 6.84. The summed E-state index contributed by atoms with van der Waals surface area (Å²) in [5.74, 6) is 0.734. The van der Waals surface area contributed by atoms with Crippen LogP contribution < -0.4 is 5.73 Å². The molecule has 2 aromatic carbocycles. The standard InChI is InChI=1S/C16H13BrClNO/c1-9-3-2-4-10-7-14(20-16(9)10)15(19)12-8-11(18)5-6-13(12)17/h2-8,15H,19H2,1H3. The highest BCUT2D eigenvalue weighted by Crippen LogP contribution is 2.33. The van der Waals surface area contributed by atoms with Gasteiger partial charge in [-0.25, -0.2) is 0 Å². The van der Waals surface area contributed by atoms with Crippen LogP contribution in [0.25, 0.3) is 11.0 Å². The molecular weight excluding hydrogens is 338 g/mol. The van der Waals surface area contributed by atoms with E-state index in [1.54, 1.807) is 0 Å². The monoisotopic (exact) mass is 349 g/mol. The first-order chi connectivity index (χ1) is 9.56. The molecule has 20 heavy (non-hydrogen) atoms. The zero-order valence-corrected chi connectivity index (χ0v) is 13.2. The number of aryl methyl sites for hydroxylation is 1. The molecule has 1 unspecified atom stereocenters. The number of hydrogen-bond acceptors (Lipinski definition) is 2. The van der Waals surface area contributed by atoms with Crippen LogP contribution in [-0.4, -0.2) is 0 Å². The summed E-state index contributed by atoms with van der Waals surface area (Å²) in [6.45, 7) is 2.02. The maximum absolute atomic E-state index is 6.32. The Kier molecular flexibility index (Phi) is 3.59. The van der Waals surface area contributed by atoms with Crippen molar-refractivity contribution in [3.05, 3.63) is 68.8 Å². The summed E-state index contributed by atoms with van der Waals surface area (Å²) in [6, 6.07) is 13.3. The van der Waals surface area contributed by atoms with E-state index in [9.17, 15) is 0 Å². The van der Waals surface area contributed by atoms with Gasteiger partial charge in [0.2, 0.25) is 0 Å². The fourth-order valence-electron chi connectivity index (χ4n) is 2.29. The number of furan rings is 1. The van der Waals surface area contributed by atoms with E-state index in [-0.39, 0.29) is 6.04 Å². The summed E-state index contributed by atoms with van der Waals surface area (Å²) in [7, 11) is 0. The predicted molar refractivity (Wildman–Crippen MR) is 86.1 cm³/mol. The van der Waals surface area contributed by atoms with Gasteiger partial charge in [-0.1, -0.05) is 45.7 Å². The first kappa shape index (κ1) is 13.7. The summed E-state index contributed by atoms with van der Waals surface area (Å²) in [5, 5.41) is 1.72. The van der Waals surface area contributed by atoms with E-state index in [0.717, 1.165) is 32.3 Å². The highest BCUT2D eigenvalue weighted by molar-refractivity contribution is 9.10. The molecule has 1 aromatic heterocycles. The molecule has 3 rings (SSSR count). The molecule has 0 spiro atoms. The summed E-state index contributed by atoms with van der Waals surface area (Å²) in [4.78, 5) is 0. The average Bonchev–Trinajstić information content (AvgIpc) is 2.86. The number of benzene rings is 2. The first-order valence-corrected chi connectivity index (χ1v) is 7.43. The number of para-hydroxylation sites is 1. The highest BCUT2D eigenvalue weighted by atomic mass is 79.9. The zero-order chi connectivity index (χ0) is 14.3. The third-order valence-electron chi connectivity index (χ3n) is 3.36. The molecule has 0 aliphatic heterocycles. The Morgan fingerprint density at radius 2 is 2.00 bits per heavy atom. The van der Waals surface area contributed by atoms with E-state index < -0.39 is 0 Å². The fourth-order valence-corrected chi connectivity index (χ4v) is 2.96. The molecule has 1 atom stereocenters. The molecular formula is C16H13BrClNO. The van der Waals surface area contributed by atoms with Gasteiger partial charge in [0.15, 0.2) is 0 Å². The SMILES string of the molecule is Cc1cccc2cc(C(N)c3cc(Cl)ccc3Br)oc12. The molecule has 0 saturated heterocycles. The Morgan fingerprint density at radius 1 is 1.20 bits per heavy atom. The van der Waals surface area contributed by atoms with Gasteiger partial charge < -0.3 is 10.2 Å². The van der Waals surface area contributed by atoms with Gasteiger partial charge in [-0.15, -0.1) is 0 Å². The van der Waals surface area contributed by atoms with Crippen LogP contribution in [0.1, 0.15) is 22.9 Å². The second-order valence-electron chi connectivity index (χ2n) is 4.79. The van der Waals surface area contributed by atoms with Crippen molar-refractivity contribution in [2.24, 2.45) is 5.73 Å². The number of halogens is 2. The Hall–Kier alpha value is -1.29. The highest BCUT2D eigenvalue weighted by Gasteiger charge is 2.17. The number of rotatable bonds is 2. The van der Waals surface area contributed by atoms with E-state index in [1.807, 2.05) is 49.4 Å². The predicted octanol–water partition coefficient (Wildman–Crippen LogP) is 5.21. The smallest absolute Gasteiger partial charge is 0.137 e. The van der Waals surface area contributed by atoms with E-state index in [4.69, 9.17) is 21.8 Å².